The van der Waals surface area contributed by atoms with Crippen molar-refractivity contribution in [2.24, 2.45) is 7.05 Å². The minimum absolute atomic E-state index is 0.0691. The van der Waals surface area contributed by atoms with Crippen molar-refractivity contribution in [1.82, 2.24) is 15.1 Å². The smallest absolute Gasteiger partial charge is 0.407 e. The van der Waals surface area contributed by atoms with Crippen LogP contribution in [-0.2, 0) is 21.3 Å². The molecule has 2 amide bonds. The molecule has 180 valence electrons. The van der Waals surface area contributed by atoms with Gasteiger partial charge in [-0.05, 0) is 28.7 Å². The zero-order valence-corrected chi connectivity index (χ0v) is 18.9. The average Bonchev–Trinajstić information content (AvgIpc) is 3.54. The largest absolute Gasteiger partial charge is 0.476 e. The minimum Gasteiger partial charge on any atom is -0.476 e. The molecule has 2 aromatic carbocycles. The molecule has 1 fully saturated rings. The lowest BCUT2D eigenvalue weighted by molar-refractivity contribution is -0.125. The van der Waals surface area contributed by atoms with Crippen LogP contribution in [0.5, 0.6) is 0 Å². The third-order valence-corrected chi connectivity index (χ3v) is 6.35. The highest BCUT2D eigenvalue weighted by molar-refractivity contribution is 5.96. The number of alkyl carbamates (subject to hydrolysis) is 1. The molecule has 10 heteroatoms. The van der Waals surface area contributed by atoms with Crippen LogP contribution < -0.4 is 10.6 Å². The van der Waals surface area contributed by atoms with Gasteiger partial charge in [0.2, 0.25) is 0 Å². The average molecular weight is 476 g/mol. The molecule has 3 N–H and O–H groups in total. The van der Waals surface area contributed by atoms with Crippen LogP contribution in [0.4, 0.5) is 10.6 Å². The second-order valence-electron chi connectivity index (χ2n) is 8.49. The Kier molecular flexibility index (Phi) is 5.96. The monoisotopic (exact) mass is 476 g/mol. The molecule has 1 aliphatic heterocycles. The number of ether oxygens (including phenoxy) is 2. The summed E-state index contributed by atoms with van der Waals surface area (Å²) in [6, 6.07) is 16.8. The van der Waals surface area contributed by atoms with E-state index in [-0.39, 0.29) is 30.6 Å². The molecule has 2 unspecified atom stereocenters. The topological polar surface area (TPSA) is 132 Å². The highest BCUT2D eigenvalue weighted by atomic mass is 16.6. The number of carboxylic acids is 1. The van der Waals surface area contributed by atoms with Gasteiger partial charge in [0.1, 0.15) is 12.4 Å². The minimum atomic E-state index is -1.20. The van der Waals surface area contributed by atoms with Crippen LogP contribution in [0.15, 0.2) is 54.6 Å². The quantitative estimate of drug-likeness (QED) is 0.498. The fourth-order valence-electron chi connectivity index (χ4n) is 4.67. The molecule has 0 saturated carbocycles. The zero-order chi connectivity index (χ0) is 24.5. The summed E-state index contributed by atoms with van der Waals surface area (Å²) in [5.74, 6) is -1.57. The zero-order valence-electron chi connectivity index (χ0n) is 18.9. The highest BCUT2D eigenvalue weighted by Gasteiger charge is 2.37. The summed E-state index contributed by atoms with van der Waals surface area (Å²) in [4.78, 5) is 36.5. The Morgan fingerprint density at radius 1 is 1.11 bits per heavy atom. The van der Waals surface area contributed by atoms with Gasteiger partial charge >= 0.3 is 12.1 Å². The molecule has 5 rings (SSSR count). The number of fused-ring (bicyclic) bond motifs is 3. The van der Waals surface area contributed by atoms with Crippen molar-refractivity contribution < 1.29 is 29.0 Å². The first-order valence-corrected chi connectivity index (χ1v) is 11.2. The number of amides is 2. The van der Waals surface area contributed by atoms with E-state index >= 15 is 0 Å². The van der Waals surface area contributed by atoms with Gasteiger partial charge in [-0.2, -0.15) is 5.10 Å². The van der Waals surface area contributed by atoms with Gasteiger partial charge in [-0.3, -0.25) is 9.48 Å². The summed E-state index contributed by atoms with van der Waals surface area (Å²) in [7, 11) is 1.52. The van der Waals surface area contributed by atoms with E-state index in [4.69, 9.17) is 14.6 Å². The lowest BCUT2D eigenvalue weighted by atomic mass is 9.98. The van der Waals surface area contributed by atoms with Gasteiger partial charge < -0.3 is 25.2 Å². The van der Waals surface area contributed by atoms with Crippen molar-refractivity contribution in [2.75, 3.05) is 18.5 Å². The molecule has 1 aliphatic carbocycles. The Morgan fingerprint density at radius 2 is 1.77 bits per heavy atom. The summed E-state index contributed by atoms with van der Waals surface area (Å²) < 4.78 is 12.4. The molecule has 0 spiro atoms. The van der Waals surface area contributed by atoms with Crippen LogP contribution in [0, 0.1) is 0 Å². The number of carbonyl (C=O) groups is 3. The lowest BCUT2D eigenvalue weighted by Gasteiger charge is -2.20. The molecule has 2 atom stereocenters. The second-order valence-corrected chi connectivity index (χ2v) is 8.49. The van der Waals surface area contributed by atoms with Crippen LogP contribution in [0.1, 0.15) is 34.0 Å². The van der Waals surface area contributed by atoms with Crippen molar-refractivity contribution in [2.45, 2.75) is 24.5 Å². The number of nitrogens with zero attached hydrogens (tertiary/aromatic N) is 2. The number of carbonyl (C=O) groups excluding carboxylic acids is 2. The maximum atomic E-state index is 12.8. The van der Waals surface area contributed by atoms with Gasteiger partial charge in [0.15, 0.2) is 11.8 Å². The molecule has 10 nitrogen and oxygen atoms in total. The number of aromatic nitrogens is 2. The van der Waals surface area contributed by atoms with Gasteiger partial charge in [-0.1, -0.05) is 48.5 Å². The number of benzene rings is 2. The van der Waals surface area contributed by atoms with Crippen LogP contribution in [-0.4, -0.2) is 58.2 Å². The first-order chi connectivity index (χ1) is 16.9. The predicted octanol–water partition coefficient (Wildman–Crippen LogP) is 2.75. The summed E-state index contributed by atoms with van der Waals surface area (Å²) in [5, 5.41) is 18.2. The molecule has 1 aromatic heterocycles. The Labute approximate surface area is 200 Å². The summed E-state index contributed by atoms with van der Waals surface area (Å²) >= 11 is 0. The standard InChI is InChI=1S/C25H24N4O6/c1-29-21(12-20(28-29)24(31)32)27-23(30)22-19(10-11-34-22)26-25(33)35-13-18-16-8-4-2-6-14(16)15-7-3-5-9-17(15)18/h2-9,12,18-19,22H,10-11,13H2,1H3,(H,26,33)(H,27,30)(H,31,32). The molecular formula is C25H24N4O6. The van der Waals surface area contributed by atoms with E-state index in [1.54, 1.807) is 0 Å². The fourth-order valence-corrected chi connectivity index (χ4v) is 4.67. The van der Waals surface area contributed by atoms with E-state index in [0.717, 1.165) is 22.3 Å². The Morgan fingerprint density at radius 3 is 2.40 bits per heavy atom. The van der Waals surface area contributed by atoms with Gasteiger partial charge in [0, 0.05) is 25.6 Å². The van der Waals surface area contributed by atoms with Gasteiger partial charge in [-0.25, -0.2) is 9.59 Å². The maximum Gasteiger partial charge on any atom is 0.407 e. The van der Waals surface area contributed by atoms with Gasteiger partial charge in [-0.15, -0.1) is 0 Å². The molecule has 2 aliphatic rings. The van der Waals surface area contributed by atoms with Crippen LogP contribution in [0.2, 0.25) is 0 Å². The van der Waals surface area contributed by atoms with E-state index in [2.05, 4.69) is 27.9 Å². The number of aryl methyl sites for hydroxylation is 1. The van der Waals surface area contributed by atoms with Crippen LogP contribution >= 0.6 is 0 Å². The summed E-state index contributed by atoms with van der Waals surface area (Å²) in [6.45, 7) is 0.454. The second kappa shape index (κ2) is 9.22. The van der Waals surface area contributed by atoms with Gasteiger partial charge in [0.25, 0.3) is 5.91 Å². The molecule has 2 heterocycles. The number of nitrogens with one attached hydrogen (secondary N) is 2. The van der Waals surface area contributed by atoms with E-state index in [1.807, 2.05) is 36.4 Å². The van der Waals surface area contributed by atoms with Gasteiger partial charge in [0.05, 0.1) is 6.04 Å². The fraction of sp³-hybridized carbons (Fsp3) is 0.280. The Balaban J connectivity index is 1.21. The van der Waals surface area contributed by atoms with Crippen molar-refractivity contribution in [3.63, 3.8) is 0 Å². The van der Waals surface area contributed by atoms with Crippen molar-refractivity contribution in [1.29, 1.82) is 0 Å². The number of aromatic carboxylic acids is 1. The Bertz CT molecular complexity index is 1260. The van der Waals surface area contributed by atoms with Crippen LogP contribution in [0.3, 0.4) is 0 Å². The van der Waals surface area contributed by atoms with E-state index in [1.165, 1.54) is 17.8 Å². The molecule has 35 heavy (non-hydrogen) atoms. The SMILES string of the molecule is Cn1nc(C(=O)O)cc1NC(=O)C1OCCC1NC(=O)OCC1c2ccccc2-c2ccccc21. The molecular weight excluding hydrogens is 452 g/mol. The lowest BCUT2D eigenvalue weighted by Crippen LogP contribution is -2.46. The van der Waals surface area contributed by atoms with E-state index < -0.39 is 30.1 Å². The van der Waals surface area contributed by atoms with E-state index in [0.29, 0.717) is 6.42 Å². The summed E-state index contributed by atoms with van der Waals surface area (Å²) in [5.41, 5.74) is 4.31. The molecule has 0 bridgehead atoms. The molecule has 0 radical (unpaired) electrons. The maximum absolute atomic E-state index is 12.8. The first kappa shape index (κ1) is 22.6. The number of rotatable bonds is 6. The number of hydrogen-bond donors (Lipinski definition) is 3. The molecule has 3 aromatic rings. The summed E-state index contributed by atoms with van der Waals surface area (Å²) in [6.07, 6.45) is -1.14. The van der Waals surface area contributed by atoms with Crippen LogP contribution in [0.25, 0.3) is 11.1 Å². The Hall–Kier alpha value is -4.18. The number of hydrogen-bond acceptors (Lipinski definition) is 6. The van der Waals surface area contributed by atoms with Crippen molar-refractivity contribution >= 4 is 23.8 Å². The number of carboxylic acid groups (broad SMARTS) is 1. The number of anilines is 1. The van der Waals surface area contributed by atoms with Crippen molar-refractivity contribution in [3.05, 3.63) is 71.4 Å². The van der Waals surface area contributed by atoms with Crippen molar-refractivity contribution in [3.8, 4) is 11.1 Å². The molecule has 1 saturated heterocycles. The third kappa shape index (κ3) is 4.35. The normalized spacial score (nSPS) is 18.5. The first-order valence-electron chi connectivity index (χ1n) is 11.2. The predicted molar refractivity (Wildman–Crippen MR) is 125 cm³/mol. The van der Waals surface area contributed by atoms with E-state index in [9.17, 15) is 14.4 Å². The third-order valence-electron chi connectivity index (χ3n) is 6.35. The highest BCUT2D eigenvalue weighted by Crippen LogP contribution is 2.44.